The van der Waals surface area contributed by atoms with Crippen LogP contribution in [-0.2, 0) is 16.1 Å². The number of hydrogen-bond donors (Lipinski definition) is 0. The number of ether oxygens (including phenoxy) is 2. The Morgan fingerprint density at radius 3 is 2.50 bits per heavy atom. The Hall–Kier alpha value is -0.950. The summed E-state index contributed by atoms with van der Waals surface area (Å²) in [4.78, 5) is 13.6. The van der Waals surface area contributed by atoms with E-state index in [1.807, 2.05) is 6.07 Å². The molecule has 0 aliphatic carbocycles. The van der Waals surface area contributed by atoms with Crippen LogP contribution in [0.4, 0.5) is 5.82 Å². The highest BCUT2D eigenvalue weighted by atomic mass is 35.5. The summed E-state index contributed by atoms with van der Waals surface area (Å²) in [6, 6.07) is 3.31. The van der Waals surface area contributed by atoms with Crippen LogP contribution in [0.25, 0.3) is 0 Å². The number of nitrogens with zero attached hydrogens (tertiary/aromatic N) is 4. The van der Waals surface area contributed by atoms with Crippen molar-refractivity contribution < 1.29 is 9.47 Å². The van der Waals surface area contributed by atoms with E-state index < -0.39 is 0 Å². The van der Waals surface area contributed by atoms with Gasteiger partial charge >= 0.3 is 0 Å². The average molecular weight is 327 g/mol. The molecule has 0 amide bonds. The first kappa shape index (κ1) is 15.9. The molecule has 2 saturated heterocycles. The topological polar surface area (TPSA) is 50.7 Å². The van der Waals surface area contributed by atoms with E-state index in [0.717, 1.165) is 32.1 Å². The first-order valence-corrected chi connectivity index (χ1v) is 8.08. The van der Waals surface area contributed by atoms with Gasteiger partial charge in [0, 0.05) is 38.3 Å². The molecule has 0 aromatic carbocycles. The molecular formula is C15H23ClN4O2. The normalized spacial score (nSPS) is 27.0. The van der Waals surface area contributed by atoms with Crippen molar-refractivity contribution in [1.82, 2.24) is 14.9 Å². The summed E-state index contributed by atoms with van der Waals surface area (Å²) >= 11 is 6.13. The zero-order valence-electron chi connectivity index (χ0n) is 13.3. The van der Waals surface area contributed by atoms with E-state index in [0.29, 0.717) is 35.7 Å². The van der Waals surface area contributed by atoms with E-state index in [1.165, 1.54) is 0 Å². The number of aromatic nitrogens is 2. The smallest absolute Gasteiger partial charge is 0.158 e. The largest absolute Gasteiger partial charge is 0.378 e. The summed E-state index contributed by atoms with van der Waals surface area (Å²) in [5, 5.41) is 0.465. The van der Waals surface area contributed by atoms with Crippen LogP contribution in [0.15, 0.2) is 6.07 Å². The van der Waals surface area contributed by atoms with E-state index in [-0.39, 0.29) is 0 Å². The number of hydrogen-bond acceptors (Lipinski definition) is 6. The van der Waals surface area contributed by atoms with Crippen LogP contribution in [0, 0.1) is 0 Å². The van der Waals surface area contributed by atoms with Crippen molar-refractivity contribution >= 4 is 17.4 Å². The van der Waals surface area contributed by atoms with Gasteiger partial charge in [0.2, 0.25) is 0 Å². The molecule has 7 heteroatoms. The van der Waals surface area contributed by atoms with Crippen LogP contribution in [0.5, 0.6) is 0 Å². The molecule has 3 rings (SSSR count). The summed E-state index contributed by atoms with van der Waals surface area (Å²) in [6.45, 7) is 8.47. The van der Waals surface area contributed by atoms with Crippen LogP contribution in [0.2, 0.25) is 5.15 Å². The van der Waals surface area contributed by atoms with Gasteiger partial charge in [-0.25, -0.2) is 9.97 Å². The van der Waals surface area contributed by atoms with Gasteiger partial charge in [-0.05, 0) is 13.8 Å². The Balaban J connectivity index is 1.76. The van der Waals surface area contributed by atoms with E-state index in [2.05, 4.69) is 33.6 Å². The number of rotatable bonds is 4. The zero-order chi connectivity index (χ0) is 15.7. The lowest BCUT2D eigenvalue weighted by Crippen LogP contribution is -2.64. The molecule has 6 nitrogen and oxygen atoms in total. The molecule has 2 atom stereocenters. The van der Waals surface area contributed by atoms with Gasteiger partial charge in [0.05, 0.1) is 19.3 Å². The van der Waals surface area contributed by atoms with Crippen molar-refractivity contribution in [2.75, 3.05) is 38.3 Å². The molecule has 1 aromatic heterocycles. The van der Waals surface area contributed by atoms with E-state index in [4.69, 9.17) is 21.1 Å². The SMILES string of the molecule is COCc1nc(Cl)cc(N2C[C@@H](C)N(C3COC3)[C@@H](C)C2)n1. The first-order chi connectivity index (χ1) is 10.6. The van der Waals surface area contributed by atoms with Crippen molar-refractivity contribution in [2.45, 2.75) is 38.6 Å². The van der Waals surface area contributed by atoms with Gasteiger partial charge < -0.3 is 14.4 Å². The first-order valence-electron chi connectivity index (χ1n) is 7.71. The van der Waals surface area contributed by atoms with Crippen LogP contribution < -0.4 is 4.90 Å². The fraction of sp³-hybridized carbons (Fsp3) is 0.733. The average Bonchev–Trinajstić information content (AvgIpc) is 2.40. The van der Waals surface area contributed by atoms with E-state index in [9.17, 15) is 0 Å². The van der Waals surface area contributed by atoms with Gasteiger partial charge in [-0.3, -0.25) is 4.90 Å². The second-order valence-corrected chi connectivity index (χ2v) is 6.53. The standard InChI is InChI=1S/C15H23ClN4O2/c1-10-5-19(6-11(2)20(10)12-7-22-8-12)15-4-13(16)17-14(18-15)9-21-3/h4,10-12H,5-9H2,1-3H3/t10-,11+. The van der Waals surface area contributed by atoms with E-state index in [1.54, 1.807) is 7.11 Å². The predicted octanol–water partition coefficient (Wildman–Crippen LogP) is 1.57. The van der Waals surface area contributed by atoms with Crippen LogP contribution >= 0.6 is 11.6 Å². The molecule has 0 radical (unpaired) electrons. The van der Waals surface area contributed by atoms with Gasteiger partial charge in [-0.2, -0.15) is 0 Å². The molecule has 22 heavy (non-hydrogen) atoms. The Morgan fingerprint density at radius 2 is 1.95 bits per heavy atom. The molecule has 2 fully saturated rings. The van der Waals surface area contributed by atoms with Crippen LogP contribution in [0.3, 0.4) is 0 Å². The molecule has 1 aromatic rings. The molecule has 0 unspecified atom stereocenters. The fourth-order valence-corrected chi connectivity index (χ4v) is 3.64. The van der Waals surface area contributed by atoms with Crippen molar-refractivity contribution in [3.05, 3.63) is 17.0 Å². The van der Waals surface area contributed by atoms with Crippen molar-refractivity contribution in [3.63, 3.8) is 0 Å². The molecular weight excluding hydrogens is 304 g/mol. The minimum absolute atomic E-state index is 0.373. The number of anilines is 1. The van der Waals surface area contributed by atoms with Crippen molar-refractivity contribution in [2.24, 2.45) is 0 Å². The van der Waals surface area contributed by atoms with Gasteiger partial charge in [0.25, 0.3) is 0 Å². The Bertz CT molecular complexity index is 514. The molecule has 2 aliphatic rings. The maximum Gasteiger partial charge on any atom is 0.158 e. The minimum atomic E-state index is 0.373. The quantitative estimate of drug-likeness (QED) is 0.783. The van der Waals surface area contributed by atoms with Crippen molar-refractivity contribution in [1.29, 1.82) is 0 Å². The van der Waals surface area contributed by atoms with Crippen LogP contribution in [0.1, 0.15) is 19.7 Å². The third-order valence-corrected chi connectivity index (χ3v) is 4.55. The maximum absolute atomic E-state index is 6.13. The molecule has 0 saturated carbocycles. The summed E-state index contributed by atoms with van der Waals surface area (Å²) < 4.78 is 10.5. The predicted molar refractivity (Wildman–Crippen MR) is 85.3 cm³/mol. The highest BCUT2D eigenvalue weighted by molar-refractivity contribution is 6.29. The number of piperazine rings is 1. The summed E-state index contributed by atoms with van der Waals surface area (Å²) in [6.07, 6.45) is 0. The Morgan fingerprint density at radius 1 is 1.27 bits per heavy atom. The fourth-order valence-electron chi connectivity index (χ4n) is 3.44. The summed E-state index contributed by atoms with van der Waals surface area (Å²) in [5.74, 6) is 1.51. The lowest BCUT2D eigenvalue weighted by atomic mass is 10.0. The number of halogens is 1. The van der Waals surface area contributed by atoms with Gasteiger partial charge in [-0.15, -0.1) is 0 Å². The molecule has 122 valence electrons. The summed E-state index contributed by atoms with van der Waals surface area (Å²) in [5.41, 5.74) is 0. The number of methoxy groups -OCH3 is 1. The molecule has 3 heterocycles. The molecule has 0 bridgehead atoms. The third-order valence-electron chi connectivity index (χ3n) is 4.35. The zero-order valence-corrected chi connectivity index (χ0v) is 14.1. The highest BCUT2D eigenvalue weighted by Crippen LogP contribution is 2.26. The highest BCUT2D eigenvalue weighted by Gasteiger charge is 2.37. The lowest BCUT2D eigenvalue weighted by molar-refractivity contribution is -0.0941. The molecule has 0 spiro atoms. The maximum atomic E-state index is 6.13. The van der Waals surface area contributed by atoms with Gasteiger partial charge in [0.1, 0.15) is 17.6 Å². The monoisotopic (exact) mass is 326 g/mol. The van der Waals surface area contributed by atoms with Gasteiger partial charge in [0.15, 0.2) is 5.82 Å². The molecule has 0 N–H and O–H groups in total. The summed E-state index contributed by atoms with van der Waals surface area (Å²) in [7, 11) is 1.63. The van der Waals surface area contributed by atoms with E-state index >= 15 is 0 Å². The minimum Gasteiger partial charge on any atom is -0.378 e. The molecule has 2 aliphatic heterocycles. The Kier molecular flexibility index (Phi) is 4.82. The van der Waals surface area contributed by atoms with Gasteiger partial charge in [-0.1, -0.05) is 11.6 Å². The second kappa shape index (κ2) is 6.66. The lowest BCUT2D eigenvalue weighted by Gasteiger charge is -2.50. The second-order valence-electron chi connectivity index (χ2n) is 6.14. The van der Waals surface area contributed by atoms with Crippen molar-refractivity contribution in [3.8, 4) is 0 Å². The van der Waals surface area contributed by atoms with Crippen LogP contribution in [-0.4, -0.2) is 66.4 Å². The third kappa shape index (κ3) is 3.20. The Labute approximate surface area is 136 Å².